The number of hydrogen-bond donors (Lipinski definition) is 0. The van der Waals surface area contributed by atoms with Gasteiger partial charge in [-0.05, 0) is 19.1 Å². The Morgan fingerprint density at radius 1 is 1.20 bits per heavy atom. The normalized spacial score (nSPS) is 12.3. The molecule has 0 radical (unpaired) electrons. The first-order valence-electron chi connectivity index (χ1n) is 5.32. The number of aromatic nitrogens is 2. The van der Waals surface area contributed by atoms with E-state index in [1.807, 2.05) is 13.1 Å². The Labute approximate surface area is 90.9 Å². The van der Waals surface area contributed by atoms with Crippen molar-refractivity contribution in [2.24, 2.45) is 7.05 Å². The summed E-state index contributed by atoms with van der Waals surface area (Å²) in [6.07, 6.45) is 1.96. The summed E-state index contributed by atoms with van der Waals surface area (Å²) in [5.74, 6) is 0. The molecular weight excluding hydrogens is 184 g/mol. The van der Waals surface area contributed by atoms with E-state index < -0.39 is 0 Å². The predicted molar refractivity (Wildman–Crippen MR) is 64.2 cm³/mol. The molecule has 0 spiro atoms. The Hall–Kier alpha value is -1.31. The Bertz CT molecular complexity index is 501. The monoisotopic (exact) mass is 202 g/mol. The highest BCUT2D eigenvalue weighted by molar-refractivity contribution is 5.81. The topological polar surface area (TPSA) is 17.8 Å². The van der Waals surface area contributed by atoms with Crippen molar-refractivity contribution < 1.29 is 0 Å². The average molecular weight is 202 g/mol. The third-order valence-electron chi connectivity index (χ3n) is 2.83. The number of rotatable bonds is 0. The fraction of sp³-hybridized carbons (Fsp3) is 0.462. The smallest absolute Gasteiger partial charge is 0.0666 e. The molecule has 0 saturated heterocycles. The van der Waals surface area contributed by atoms with Gasteiger partial charge in [0.2, 0.25) is 0 Å². The molecule has 0 saturated carbocycles. The number of nitrogens with zero attached hydrogens (tertiary/aromatic N) is 2. The van der Waals surface area contributed by atoms with Crippen LogP contribution in [0.4, 0.5) is 0 Å². The van der Waals surface area contributed by atoms with Crippen molar-refractivity contribution in [1.82, 2.24) is 9.55 Å². The molecule has 0 aliphatic carbocycles. The minimum absolute atomic E-state index is 0.182. The summed E-state index contributed by atoms with van der Waals surface area (Å²) >= 11 is 0. The van der Waals surface area contributed by atoms with Crippen molar-refractivity contribution in [3.8, 4) is 0 Å². The molecule has 0 aliphatic rings. The van der Waals surface area contributed by atoms with Gasteiger partial charge in [-0.3, -0.25) is 4.98 Å². The Kier molecular flexibility index (Phi) is 2.10. The summed E-state index contributed by atoms with van der Waals surface area (Å²) in [6, 6.07) is 4.41. The number of fused-ring (bicyclic) bond motifs is 1. The lowest BCUT2D eigenvalue weighted by atomic mass is 9.92. The summed E-state index contributed by atoms with van der Waals surface area (Å²) < 4.78 is 2.24. The highest BCUT2D eigenvalue weighted by Gasteiger charge is 2.19. The SMILES string of the molecule is Cc1cc2cc(C(C)(C)C)n(C)c2cn1. The molecule has 80 valence electrons. The maximum atomic E-state index is 4.34. The van der Waals surface area contributed by atoms with E-state index in [1.165, 1.54) is 16.6 Å². The van der Waals surface area contributed by atoms with E-state index in [0.717, 1.165) is 5.69 Å². The lowest BCUT2D eigenvalue weighted by molar-refractivity contribution is 0.547. The first-order chi connectivity index (χ1) is 6.89. The van der Waals surface area contributed by atoms with Gasteiger partial charge in [0.15, 0.2) is 0 Å². The van der Waals surface area contributed by atoms with Crippen LogP contribution in [0.15, 0.2) is 18.3 Å². The van der Waals surface area contributed by atoms with Crippen LogP contribution in [0.1, 0.15) is 32.2 Å². The molecule has 2 aromatic rings. The van der Waals surface area contributed by atoms with Gasteiger partial charge in [0.1, 0.15) is 0 Å². The van der Waals surface area contributed by atoms with E-state index in [2.05, 4.69) is 49.5 Å². The molecule has 0 atom stereocenters. The summed E-state index contributed by atoms with van der Waals surface area (Å²) in [5.41, 5.74) is 3.82. The van der Waals surface area contributed by atoms with Crippen LogP contribution in [0.25, 0.3) is 10.9 Å². The lowest BCUT2D eigenvalue weighted by Gasteiger charge is -2.19. The van der Waals surface area contributed by atoms with Gasteiger partial charge >= 0.3 is 0 Å². The average Bonchev–Trinajstić information content (AvgIpc) is 2.42. The van der Waals surface area contributed by atoms with Gasteiger partial charge < -0.3 is 4.57 Å². The zero-order chi connectivity index (χ0) is 11.2. The van der Waals surface area contributed by atoms with Crippen LogP contribution >= 0.6 is 0 Å². The van der Waals surface area contributed by atoms with Crippen molar-refractivity contribution in [2.75, 3.05) is 0 Å². The van der Waals surface area contributed by atoms with E-state index in [-0.39, 0.29) is 5.41 Å². The zero-order valence-corrected chi connectivity index (χ0v) is 10.1. The van der Waals surface area contributed by atoms with Crippen LogP contribution in [0.2, 0.25) is 0 Å². The second-order valence-electron chi connectivity index (χ2n) is 5.22. The molecule has 0 aromatic carbocycles. The van der Waals surface area contributed by atoms with E-state index in [4.69, 9.17) is 0 Å². The first kappa shape index (κ1) is 10.2. The minimum Gasteiger partial charge on any atom is -0.346 e. The standard InChI is InChI=1S/C13H18N2/c1-9-6-10-7-12(13(2,3)4)15(5)11(10)8-14-9/h6-8H,1-5H3. The first-order valence-corrected chi connectivity index (χ1v) is 5.32. The number of hydrogen-bond acceptors (Lipinski definition) is 1. The fourth-order valence-electron chi connectivity index (χ4n) is 2.06. The van der Waals surface area contributed by atoms with Gasteiger partial charge in [-0.2, -0.15) is 0 Å². The largest absolute Gasteiger partial charge is 0.346 e. The van der Waals surface area contributed by atoms with Gasteiger partial charge in [0.05, 0.1) is 11.7 Å². The molecular formula is C13H18N2. The van der Waals surface area contributed by atoms with Gasteiger partial charge in [-0.1, -0.05) is 20.8 Å². The molecule has 2 heteroatoms. The Morgan fingerprint density at radius 3 is 2.47 bits per heavy atom. The summed E-state index contributed by atoms with van der Waals surface area (Å²) in [6.45, 7) is 8.74. The predicted octanol–water partition coefficient (Wildman–Crippen LogP) is 3.18. The van der Waals surface area contributed by atoms with Crippen LogP contribution in [-0.2, 0) is 12.5 Å². The second-order valence-corrected chi connectivity index (χ2v) is 5.22. The van der Waals surface area contributed by atoms with Crippen LogP contribution in [-0.4, -0.2) is 9.55 Å². The van der Waals surface area contributed by atoms with E-state index in [1.54, 1.807) is 0 Å². The number of pyridine rings is 1. The quantitative estimate of drug-likeness (QED) is 0.641. The molecule has 2 heterocycles. The van der Waals surface area contributed by atoms with Crippen LogP contribution < -0.4 is 0 Å². The Morgan fingerprint density at radius 2 is 1.87 bits per heavy atom. The van der Waals surface area contributed by atoms with Gasteiger partial charge in [0.25, 0.3) is 0 Å². The number of aryl methyl sites for hydroxylation is 2. The molecule has 0 fully saturated rings. The third kappa shape index (κ3) is 1.65. The maximum Gasteiger partial charge on any atom is 0.0666 e. The fourth-order valence-corrected chi connectivity index (χ4v) is 2.06. The minimum atomic E-state index is 0.182. The molecule has 0 aliphatic heterocycles. The van der Waals surface area contributed by atoms with Crippen molar-refractivity contribution in [1.29, 1.82) is 0 Å². The van der Waals surface area contributed by atoms with Gasteiger partial charge in [-0.15, -0.1) is 0 Å². The molecule has 0 bridgehead atoms. The van der Waals surface area contributed by atoms with Crippen LogP contribution in [0.5, 0.6) is 0 Å². The van der Waals surface area contributed by atoms with Crippen molar-refractivity contribution >= 4 is 10.9 Å². The van der Waals surface area contributed by atoms with E-state index in [9.17, 15) is 0 Å². The van der Waals surface area contributed by atoms with Crippen LogP contribution in [0.3, 0.4) is 0 Å². The summed E-state index contributed by atoms with van der Waals surface area (Å²) in [7, 11) is 2.11. The van der Waals surface area contributed by atoms with Crippen molar-refractivity contribution in [3.63, 3.8) is 0 Å². The van der Waals surface area contributed by atoms with Gasteiger partial charge in [0, 0.05) is 29.2 Å². The molecule has 2 nitrogen and oxygen atoms in total. The lowest BCUT2D eigenvalue weighted by Crippen LogP contribution is -2.15. The molecule has 0 amide bonds. The Balaban J connectivity index is 2.75. The van der Waals surface area contributed by atoms with Crippen molar-refractivity contribution in [3.05, 3.63) is 29.7 Å². The molecule has 2 rings (SSSR count). The maximum absolute atomic E-state index is 4.34. The van der Waals surface area contributed by atoms with Crippen LogP contribution in [0, 0.1) is 6.92 Å². The third-order valence-corrected chi connectivity index (χ3v) is 2.83. The van der Waals surface area contributed by atoms with Gasteiger partial charge in [-0.25, -0.2) is 0 Å². The summed E-state index contributed by atoms with van der Waals surface area (Å²) in [5, 5.41) is 1.29. The molecule has 0 unspecified atom stereocenters. The molecule has 2 aromatic heterocycles. The highest BCUT2D eigenvalue weighted by Crippen LogP contribution is 2.28. The highest BCUT2D eigenvalue weighted by atomic mass is 15.0. The van der Waals surface area contributed by atoms with Crippen molar-refractivity contribution in [2.45, 2.75) is 33.1 Å². The van der Waals surface area contributed by atoms with E-state index in [0.29, 0.717) is 0 Å². The second kappa shape index (κ2) is 3.09. The molecule has 0 N–H and O–H groups in total. The van der Waals surface area contributed by atoms with E-state index >= 15 is 0 Å². The molecule has 15 heavy (non-hydrogen) atoms. The zero-order valence-electron chi connectivity index (χ0n) is 10.1. The summed E-state index contributed by atoms with van der Waals surface area (Å²) in [4.78, 5) is 4.34.